The smallest absolute Gasteiger partial charge is 0.314 e. The second-order valence-electron chi connectivity index (χ2n) is 5.12. The lowest BCUT2D eigenvalue weighted by molar-refractivity contribution is -0.150. The van der Waals surface area contributed by atoms with E-state index in [1.54, 1.807) is 11.8 Å². The van der Waals surface area contributed by atoms with Crippen LogP contribution in [0.2, 0.25) is 0 Å². The van der Waals surface area contributed by atoms with Gasteiger partial charge in [0.05, 0.1) is 5.41 Å². The van der Waals surface area contributed by atoms with Crippen LogP contribution in [0.5, 0.6) is 0 Å². The molecule has 0 saturated heterocycles. The molecule has 3 N–H and O–H groups in total. The van der Waals surface area contributed by atoms with Crippen molar-refractivity contribution in [3.63, 3.8) is 0 Å². The maximum atomic E-state index is 11.6. The van der Waals surface area contributed by atoms with Crippen molar-refractivity contribution in [2.45, 2.75) is 32.1 Å². The minimum absolute atomic E-state index is 0.216. The molecule has 2 amide bonds. The SMILES string of the molecule is C=CCSCCNC(=O)NCC1(C(=O)O)CCCCC1. The fourth-order valence-corrected chi connectivity index (χ4v) is 2.99. The fourth-order valence-electron chi connectivity index (χ4n) is 2.41. The number of nitrogens with one attached hydrogen (secondary N) is 2. The van der Waals surface area contributed by atoms with Crippen LogP contribution < -0.4 is 10.6 Å². The molecule has 0 bridgehead atoms. The number of carbonyl (C=O) groups excluding carboxylic acids is 1. The molecule has 20 heavy (non-hydrogen) atoms. The molecule has 0 aromatic carbocycles. The number of carboxylic acid groups (broad SMARTS) is 1. The highest BCUT2D eigenvalue weighted by Crippen LogP contribution is 2.35. The standard InChI is InChI=1S/C14H24N2O3S/c1-2-9-20-10-8-15-13(19)16-11-14(12(17)18)6-4-3-5-7-14/h2H,1,3-11H2,(H,17,18)(H2,15,16,19). The van der Waals surface area contributed by atoms with E-state index >= 15 is 0 Å². The molecule has 0 aromatic heterocycles. The number of thioether (sulfide) groups is 1. The van der Waals surface area contributed by atoms with Gasteiger partial charge in [-0.2, -0.15) is 11.8 Å². The summed E-state index contributed by atoms with van der Waals surface area (Å²) in [5.74, 6) is 0.897. The second kappa shape index (κ2) is 8.89. The molecule has 1 fully saturated rings. The monoisotopic (exact) mass is 300 g/mol. The molecule has 1 aliphatic rings. The lowest BCUT2D eigenvalue weighted by atomic mass is 9.74. The van der Waals surface area contributed by atoms with E-state index in [4.69, 9.17) is 0 Å². The van der Waals surface area contributed by atoms with Gasteiger partial charge in [0, 0.05) is 24.6 Å². The van der Waals surface area contributed by atoms with Crippen LogP contribution in [0.3, 0.4) is 0 Å². The van der Waals surface area contributed by atoms with Gasteiger partial charge in [-0.1, -0.05) is 25.3 Å². The van der Waals surface area contributed by atoms with Gasteiger partial charge in [0.2, 0.25) is 0 Å². The first kappa shape index (κ1) is 16.9. The van der Waals surface area contributed by atoms with E-state index in [0.717, 1.165) is 30.8 Å². The summed E-state index contributed by atoms with van der Waals surface area (Å²) in [5.41, 5.74) is -0.771. The van der Waals surface area contributed by atoms with Gasteiger partial charge < -0.3 is 15.7 Å². The summed E-state index contributed by atoms with van der Waals surface area (Å²) >= 11 is 1.69. The summed E-state index contributed by atoms with van der Waals surface area (Å²) in [6.07, 6.45) is 6.06. The van der Waals surface area contributed by atoms with Gasteiger partial charge in [-0.3, -0.25) is 4.79 Å². The van der Waals surface area contributed by atoms with Gasteiger partial charge in [-0.25, -0.2) is 4.79 Å². The van der Waals surface area contributed by atoms with Crippen molar-refractivity contribution in [2.24, 2.45) is 5.41 Å². The van der Waals surface area contributed by atoms with E-state index in [9.17, 15) is 14.7 Å². The molecule has 0 spiro atoms. The minimum Gasteiger partial charge on any atom is -0.481 e. The van der Waals surface area contributed by atoms with E-state index in [-0.39, 0.29) is 12.6 Å². The van der Waals surface area contributed by atoms with Gasteiger partial charge in [-0.15, -0.1) is 6.58 Å². The molecule has 0 radical (unpaired) electrons. The predicted octanol–water partition coefficient (Wildman–Crippen LogP) is 2.24. The van der Waals surface area contributed by atoms with Crippen molar-refractivity contribution in [3.8, 4) is 0 Å². The summed E-state index contributed by atoms with van der Waals surface area (Å²) in [4.78, 5) is 23.1. The molecule has 0 aromatic rings. The molecule has 6 heteroatoms. The summed E-state index contributed by atoms with van der Waals surface area (Å²) < 4.78 is 0. The lowest BCUT2D eigenvalue weighted by Crippen LogP contribution is -2.47. The number of hydrogen-bond acceptors (Lipinski definition) is 3. The first-order valence-corrected chi connectivity index (χ1v) is 8.20. The topological polar surface area (TPSA) is 78.4 Å². The average Bonchev–Trinajstić information content (AvgIpc) is 2.46. The van der Waals surface area contributed by atoms with Crippen LogP contribution in [0.4, 0.5) is 4.79 Å². The zero-order valence-corrected chi connectivity index (χ0v) is 12.6. The third-order valence-electron chi connectivity index (χ3n) is 3.62. The quantitative estimate of drug-likeness (QED) is 0.474. The Morgan fingerprint density at radius 1 is 1.25 bits per heavy atom. The first-order valence-electron chi connectivity index (χ1n) is 7.04. The zero-order valence-electron chi connectivity index (χ0n) is 11.8. The van der Waals surface area contributed by atoms with Crippen molar-refractivity contribution in [2.75, 3.05) is 24.6 Å². The van der Waals surface area contributed by atoms with Crippen LogP contribution in [-0.4, -0.2) is 41.7 Å². The predicted molar refractivity (Wildman–Crippen MR) is 82.1 cm³/mol. The summed E-state index contributed by atoms with van der Waals surface area (Å²) in [7, 11) is 0. The van der Waals surface area contributed by atoms with Crippen LogP contribution >= 0.6 is 11.8 Å². The molecule has 0 unspecified atom stereocenters. The number of rotatable bonds is 8. The highest BCUT2D eigenvalue weighted by Gasteiger charge is 2.39. The number of carbonyl (C=O) groups is 2. The van der Waals surface area contributed by atoms with E-state index in [2.05, 4.69) is 17.2 Å². The Hall–Kier alpha value is -1.17. The molecule has 0 heterocycles. The highest BCUT2D eigenvalue weighted by atomic mass is 32.2. The van der Waals surface area contributed by atoms with Crippen LogP contribution in [0.25, 0.3) is 0 Å². The Bertz CT molecular complexity index is 341. The number of aliphatic carboxylic acids is 1. The largest absolute Gasteiger partial charge is 0.481 e. The Kier molecular flexibility index (Phi) is 7.51. The molecule has 0 atom stereocenters. The average molecular weight is 300 g/mol. The molecule has 5 nitrogen and oxygen atoms in total. The molecular weight excluding hydrogens is 276 g/mol. The highest BCUT2D eigenvalue weighted by molar-refractivity contribution is 7.99. The number of amides is 2. The van der Waals surface area contributed by atoms with Gasteiger partial charge >= 0.3 is 12.0 Å². The van der Waals surface area contributed by atoms with Crippen molar-refractivity contribution in [1.29, 1.82) is 0 Å². The van der Waals surface area contributed by atoms with E-state index < -0.39 is 11.4 Å². The van der Waals surface area contributed by atoms with Crippen LogP contribution in [-0.2, 0) is 4.79 Å². The maximum absolute atomic E-state index is 11.6. The van der Waals surface area contributed by atoms with Crippen molar-refractivity contribution < 1.29 is 14.7 Å². The second-order valence-corrected chi connectivity index (χ2v) is 6.27. The molecule has 1 saturated carbocycles. The first-order chi connectivity index (χ1) is 9.60. The molecule has 1 aliphatic carbocycles. The van der Waals surface area contributed by atoms with Gasteiger partial charge in [0.15, 0.2) is 0 Å². The number of hydrogen-bond donors (Lipinski definition) is 3. The molecule has 114 valence electrons. The van der Waals surface area contributed by atoms with Crippen LogP contribution in [0.1, 0.15) is 32.1 Å². The molecule has 1 rings (SSSR count). The molecular formula is C14H24N2O3S. The molecule has 0 aliphatic heterocycles. The Morgan fingerprint density at radius 2 is 1.95 bits per heavy atom. The Labute approximate surface area is 124 Å². The van der Waals surface area contributed by atoms with Gasteiger partial charge in [0.25, 0.3) is 0 Å². The fraction of sp³-hybridized carbons (Fsp3) is 0.714. The van der Waals surface area contributed by atoms with Crippen LogP contribution in [0, 0.1) is 5.41 Å². The van der Waals surface area contributed by atoms with E-state index in [0.29, 0.717) is 19.4 Å². The van der Waals surface area contributed by atoms with E-state index in [1.165, 1.54) is 0 Å². The van der Waals surface area contributed by atoms with Gasteiger partial charge in [-0.05, 0) is 12.8 Å². The van der Waals surface area contributed by atoms with Crippen molar-refractivity contribution >= 4 is 23.8 Å². The Balaban J connectivity index is 2.27. The summed E-state index contributed by atoms with van der Waals surface area (Å²) in [6, 6.07) is -0.282. The third kappa shape index (κ3) is 5.45. The minimum atomic E-state index is -0.793. The summed E-state index contributed by atoms with van der Waals surface area (Å²) in [5, 5.41) is 14.8. The van der Waals surface area contributed by atoms with Crippen LogP contribution in [0.15, 0.2) is 12.7 Å². The maximum Gasteiger partial charge on any atom is 0.314 e. The summed E-state index contributed by atoms with van der Waals surface area (Å²) in [6.45, 7) is 4.41. The lowest BCUT2D eigenvalue weighted by Gasteiger charge is -2.33. The van der Waals surface area contributed by atoms with Gasteiger partial charge in [0.1, 0.15) is 0 Å². The van der Waals surface area contributed by atoms with Crippen molar-refractivity contribution in [3.05, 3.63) is 12.7 Å². The Morgan fingerprint density at radius 3 is 2.55 bits per heavy atom. The zero-order chi connectivity index (χ0) is 14.8. The van der Waals surface area contributed by atoms with Crippen molar-refractivity contribution in [1.82, 2.24) is 10.6 Å². The number of urea groups is 1. The number of carboxylic acids is 1. The third-order valence-corrected chi connectivity index (χ3v) is 4.58. The normalized spacial score (nSPS) is 17.2. The van der Waals surface area contributed by atoms with E-state index in [1.807, 2.05) is 6.08 Å².